The summed E-state index contributed by atoms with van der Waals surface area (Å²) in [4.78, 5) is 36.0. The number of ether oxygens (including phenoxy) is 2. The third-order valence-corrected chi connectivity index (χ3v) is 6.33. The van der Waals surface area contributed by atoms with Gasteiger partial charge in [0.05, 0.1) is 36.5 Å². The van der Waals surface area contributed by atoms with Gasteiger partial charge in [0.1, 0.15) is 11.3 Å². The van der Waals surface area contributed by atoms with Crippen molar-refractivity contribution in [3.05, 3.63) is 42.7 Å². The monoisotopic (exact) mass is 462 g/mol. The summed E-state index contributed by atoms with van der Waals surface area (Å²) < 4.78 is 46.8. The molecule has 1 saturated carbocycles. The average molecular weight is 462 g/mol. The van der Waals surface area contributed by atoms with Crippen molar-refractivity contribution in [2.24, 2.45) is 5.92 Å². The van der Waals surface area contributed by atoms with E-state index < -0.39 is 29.6 Å². The number of rotatable bonds is 4. The number of benzene rings is 1. The average Bonchev–Trinajstić information content (AvgIpc) is 3.40. The highest BCUT2D eigenvalue weighted by Gasteiger charge is 2.71. The molecular formula is C22H21F3N4O4. The lowest BCUT2D eigenvalue weighted by atomic mass is 10.1. The van der Waals surface area contributed by atoms with E-state index >= 15 is 0 Å². The van der Waals surface area contributed by atoms with Crippen LogP contribution in [0.5, 0.6) is 5.75 Å². The van der Waals surface area contributed by atoms with Gasteiger partial charge in [-0.15, -0.1) is 13.2 Å². The van der Waals surface area contributed by atoms with Crippen LogP contribution in [0.4, 0.5) is 35.0 Å². The van der Waals surface area contributed by atoms with Gasteiger partial charge in [-0.25, -0.2) is 9.69 Å². The number of nitrogens with zero attached hydrogens (tertiary/aromatic N) is 4. The molecular weight excluding hydrogens is 441 g/mol. The molecule has 1 spiro atoms. The van der Waals surface area contributed by atoms with Crippen LogP contribution in [0.3, 0.4) is 0 Å². The van der Waals surface area contributed by atoms with Gasteiger partial charge in [-0.3, -0.25) is 14.7 Å². The number of hydrogen-bond donors (Lipinski definition) is 0. The van der Waals surface area contributed by atoms with E-state index in [1.165, 1.54) is 17.0 Å². The predicted molar refractivity (Wildman–Crippen MR) is 112 cm³/mol. The van der Waals surface area contributed by atoms with E-state index in [4.69, 9.17) is 4.74 Å². The van der Waals surface area contributed by atoms with Crippen molar-refractivity contribution in [1.82, 2.24) is 4.98 Å². The highest BCUT2D eigenvalue weighted by Crippen LogP contribution is 2.56. The van der Waals surface area contributed by atoms with Gasteiger partial charge in [0, 0.05) is 19.3 Å². The lowest BCUT2D eigenvalue weighted by Crippen LogP contribution is -2.42. The molecule has 2 saturated heterocycles. The van der Waals surface area contributed by atoms with Crippen molar-refractivity contribution >= 4 is 29.0 Å². The van der Waals surface area contributed by atoms with Crippen LogP contribution >= 0.6 is 0 Å². The van der Waals surface area contributed by atoms with Crippen LogP contribution in [0.15, 0.2) is 42.7 Å². The second-order valence-electron chi connectivity index (χ2n) is 8.29. The molecule has 0 bridgehead atoms. The van der Waals surface area contributed by atoms with E-state index in [2.05, 4.69) is 14.6 Å². The predicted octanol–water partition coefficient (Wildman–Crippen LogP) is 3.57. The van der Waals surface area contributed by atoms with Crippen molar-refractivity contribution < 1.29 is 32.2 Å². The van der Waals surface area contributed by atoms with Gasteiger partial charge in [-0.1, -0.05) is 6.92 Å². The van der Waals surface area contributed by atoms with Gasteiger partial charge in [-0.05, 0) is 42.7 Å². The Morgan fingerprint density at radius 1 is 1.09 bits per heavy atom. The Hall–Kier alpha value is -3.34. The molecule has 2 aliphatic heterocycles. The van der Waals surface area contributed by atoms with Gasteiger partial charge in [-0.2, -0.15) is 0 Å². The number of amides is 3. The third kappa shape index (κ3) is 3.56. The Bertz CT molecular complexity index is 1090. The molecule has 8 nitrogen and oxygen atoms in total. The van der Waals surface area contributed by atoms with Crippen molar-refractivity contribution in [1.29, 1.82) is 0 Å². The number of carbonyl (C=O) groups is 2. The van der Waals surface area contributed by atoms with Crippen molar-refractivity contribution in [2.75, 3.05) is 41.0 Å². The number of aromatic nitrogens is 1. The lowest BCUT2D eigenvalue weighted by Gasteiger charge is -2.33. The minimum Gasteiger partial charge on any atom is -0.406 e. The first-order valence-corrected chi connectivity index (χ1v) is 10.5. The van der Waals surface area contributed by atoms with Gasteiger partial charge in [0.2, 0.25) is 0 Å². The van der Waals surface area contributed by atoms with Crippen LogP contribution in [-0.4, -0.2) is 55.1 Å². The molecule has 1 aromatic heterocycles. The number of carbonyl (C=O) groups excluding carboxylic acids is 2. The lowest BCUT2D eigenvalue weighted by molar-refractivity contribution is -0.274. The Kier molecular flexibility index (Phi) is 4.96. The van der Waals surface area contributed by atoms with Crippen LogP contribution in [0.25, 0.3) is 0 Å². The normalized spacial score (nSPS) is 25.2. The van der Waals surface area contributed by atoms with Crippen LogP contribution < -0.4 is 19.4 Å². The zero-order valence-corrected chi connectivity index (χ0v) is 17.7. The number of imide groups is 1. The van der Waals surface area contributed by atoms with E-state index in [0.29, 0.717) is 38.4 Å². The van der Waals surface area contributed by atoms with Gasteiger partial charge < -0.3 is 14.4 Å². The van der Waals surface area contributed by atoms with Crippen LogP contribution in [0.2, 0.25) is 0 Å². The maximum absolute atomic E-state index is 13.6. The second-order valence-corrected chi connectivity index (χ2v) is 8.29. The van der Waals surface area contributed by atoms with E-state index in [1.54, 1.807) is 18.5 Å². The summed E-state index contributed by atoms with van der Waals surface area (Å²) in [6, 6.07) is 5.88. The third-order valence-electron chi connectivity index (χ3n) is 6.33. The molecule has 3 fully saturated rings. The first-order valence-electron chi connectivity index (χ1n) is 10.5. The van der Waals surface area contributed by atoms with E-state index in [0.717, 1.165) is 22.7 Å². The number of halogens is 3. The number of pyridine rings is 1. The zero-order valence-electron chi connectivity index (χ0n) is 17.7. The highest BCUT2D eigenvalue weighted by molar-refractivity contribution is 6.32. The molecule has 5 rings (SSSR count). The minimum absolute atomic E-state index is 0.0718. The summed E-state index contributed by atoms with van der Waals surface area (Å²) in [7, 11) is 0. The van der Waals surface area contributed by atoms with Crippen LogP contribution in [0.1, 0.15) is 13.3 Å². The standard InChI is InChI=1S/C22H21F3N4O4/c1-14-12-21(14)19(30)28(15-2-4-16(5-3-15)33-22(23,24)25)20(31)29(21)17-6-7-26-13-18(17)27-8-10-32-11-9-27/h2-7,13-14H,8-12H2,1H3. The van der Waals surface area contributed by atoms with Crippen molar-refractivity contribution in [3.63, 3.8) is 0 Å². The number of alkyl halides is 3. The Balaban J connectivity index is 1.51. The van der Waals surface area contributed by atoms with Gasteiger partial charge >= 0.3 is 12.4 Å². The summed E-state index contributed by atoms with van der Waals surface area (Å²) in [5.41, 5.74) is 0.466. The van der Waals surface area contributed by atoms with E-state index in [9.17, 15) is 22.8 Å². The number of morpholine rings is 1. The summed E-state index contributed by atoms with van der Waals surface area (Å²) in [5.74, 6) is -0.896. The largest absolute Gasteiger partial charge is 0.573 e. The highest BCUT2D eigenvalue weighted by atomic mass is 19.4. The topological polar surface area (TPSA) is 75.2 Å². The maximum Gasteiger partial charge on any atom is 0.573 e. The fourth-order valence-corrected chi connectivity index (χ4v) is 4.62. The molecule has 11 heteroatoms. The summed E-state index contributed by atoms with van der Waals surface area (Å²) in [6.45, 7) is 4.24. The Morgan fingerprint density at radius 2 is 1.76 bits per heavy atom. The molecule has 3 aliphatic rings. The first kappa shape index (κ1) is 21.5. The first-order chi connectivity index (χ1) is 15.7. The Morgan fingerprint density at radius 3 is 2.36 bits per heavy atom. The van der Waals surface area contributed by atoms with Crippen LogP contribution in [-0.2, 0) is 9.53 Å². The summed E-state index contributed by atoms with van der Waals surface area (Å²) in [6.07, 6.45) is -1.09. The van der Waals surface area contributed by atoms with Crippen molar-refractivity contribution in [3.8, 4) is 5.75 Å². The molecule has 0 N–H and O–H groups in total. The molecule has 1 aliphatic carbocycles. The summed E-state index contributed by atoms with van der Waals surface area (Å²) in [5, 5.41) is 0. The van der Waals surface area contributed by atoms with Crippen LogP contribution in [0, 0.1) is 5.92 Å². The Labute approximate surface area is 187 Å². The quantitative estimate of drug-likeness (QED) is 0.647. The van der Waals surface area contributed by atoms with Gasteiger partial charge in [0.25, 0.3) is 5.91 Å². The SMILES string of the molecule is CC1CC12C(=O)N(c1ccc(OC(F)(F)F)cc1)C(=O)N2c1ccncc1N1CCOCC1. The number of anilines is 3. The van der Waals surface area contributed by atoms with Crippen molar-refractivity contribution in [2.45, 2.75) is 25.2 Å². The molecule has 2 aromatic rings. The van der Waals surface area contributed by atoms with E-state index in [1.807, 2.05) is 6.92 Å². The molecule has 2 unspecified atom stereocenters. The second kappa shape index (κ2) is 7.62. The fourth-order valence-electron chi connectivity index (χ4n) is 4.62. The summed E-state index contributed by atoms with van der Waals surface area (Å²) >= 11 is 0. The van der Waals surface area contributed by atoms with Gasteiger partial charge in [0.15, 0.2) is 0 Å². The molecule has 0 radical (unpaired) electrons. The van der Waals surface area contributed by atoms with E-state index in [-0.39, 0.29) is 11.6 Å². The fraction of sp³-hybridized carbons (Fsp3) is 0.409. The molecule has 2 atom stereocenters. The maximum atomic E-state index is 13.6. The smallest absolute Gasteiger partial charge is 0.406 e. The zero-order chi connectivity index (χ0) is 23.4. The number of hydrogen-bond acceptors (Lipinski definition) is 6. The molecule has 174 valence electrons. The molecule has 33 heavy (non-hydrogen) atoms. The molecule has 3 amide bonds. The number of urea groups is 1. The molecule has 3 heterocycles. The molecule has 1 aromatic carbocycles. The minimum atomic E-state index is -4.83.